The Morgan fingerprint density at radius 2 is 1.69 bits per heavy atom. The topological polar surface area (TPSA) is 70.5 Å². The number of rotatable bonds is 5. The van der Waals surface area contributed by atoms with E-state index in [2.05, 4.69) is 10.4 Å². The molecule has 2 amide bonds. The van der Waals surface area contributed by atoms with Gasteiger partial charge in [-0.25, -0.2) is 4.68 Å². The van der Waals surface area contributed by atoms with E-state index in [0.717, 1.165) is 23.0 Å². The van der Waals surface area contributed by atoms with Crippen LogP contribution in [-0.2, 0) is 11.0 Å². The van der Waals surface area contributed by atoms with Crippen molar-refractivity contribution in [2.45, 2.75) is 20.0 Å². The quantitative estimate of drug-likeness (QED) is 0.536. The van der Waals surface area contributed by atoms with E-state index in [1.165, 1.54) is 29.2 Å². The minimum absolute atomic E-state index is 0.123. The first-order valence-corrected chi connectivity index (χ1v) is 11.7. The molecule has 1 fully saturated rings. The summed E-state index contributed by atoms with van der Waals surface area (Å²) in [5.74, 6) is -0.936. The Kier molecular flexibility index (Phi) is 7.37. The summed E-state index contributed by atoms with van der Waals surface area (Å²) in [5, 5.41) is 7.12. The monoisotopic (exact) mass is 519 g/mol. The highest BCUT2D eigenvalue weighted by Crippen LogP contribution is 2.34. The summed E-state index contributed by atoms with van der Waals surface area (Å²) < 4.78 is 42.6. The number of aryl methyl sites for hydroxylation is 1. The van der Waals surface area contributed by atoms with Gasteiger partial charge >= 0.3 is 6.18 Å². The Morgan fingerprint density at radius 3 is 2.33 bits per heavy atom. The molecule has 1 aromatic heterocycles. The van der Waals surface area contributed by atoms with Gasteiger partial charge in [-0.3, -0.25) is 14.5 Å². The second-order valence-corrected chi connectivity index (χ2v) is 9.09. The number of hydrogen-bond acceptors (Lipinski definition) is 4. The first-order valence-electron chi connectivity index (χ1n) is 11.3. The van der Waals surface area contributed by atoms with Gasteiger partial charge in [-0.1, -0.05) is 23.7 Å². The van der Waals surface area contributed by atoms with Crippen LogP contribution in [0.4, 0.5) is 18.9 Å². The summed E-state index contributed by atoms with van der Waals surface area (Å²) in [6.07, 6.45) is -3.85. The Labute approximate surface area is 211 Å². The molecule has 2 heterocycles. The van der Waals surface area contributed by atoms with Gasteiger partial charge in [0.25, 0.3) is 5.91 Å². The molecule has 1 saturated heterocycles. The fraction of sp³-hybridized carbons (Fsp3) is 0.320. The standard InChI is InChI=1S/C25H25ClF3N5O2/c1-16-4-3-5-21(17(16)2)31-22(35)15-32-10-12-33(13-11-32)24(36)20-14-30-34(23(20)25(27,28)29)19-8-6-18(26)7-9-19/h3-9,14H,10-13,15H2,1-2H3,(H,31,35). The maximum atomic E-state index is 14.0. The number of halogens is 4. The number of carbonyl (C=O) groups is 2. The van der Waals surface area contributed by atoms with Crippen LogP contribution in [0.15, 0.2) is 48.7 Å². The minimum atomic E-state index is -4.80. The SMILES string of the molecule is Cc1cccc(NC(=O)CN2CCN(C(=O)c3cnn(-c4ccc(Cl)cc4)c3C(F)(F)F)CC2)c1C. The predicted octanol–water partition coefficient (Wildman–Crippen LogP) is 4.56. The second-order valence-electron chi connectivity index (χ2n) is 8.66. The molecule has 11 heteroatoms. The smallest absolute Gasteiger partial charge is 0.336 e. The summed E-state index contributed by atoms with van der Waals surface area (Å²) in [4.78, 5) is 28.8. The van der Waals surface area contributed by atoms with Crippen LogP contribution >= 0.6 is 11.6 Å². The molecule has 1 aliphatic heterocycles. The molecule has 190 valence electrons. The van der Waals surface area contributed by atoms with Gasteiger partial charge in [-0.15, -0.1) is 0 Å². The fourth-order valence-electron chi connectivity index (χ4n) is 4.11. The maximum absolute atomic E-state index is 14.0. The summed E-state index contributed by atoms with van der Waals surface area (Å²) in [5.41, 5.74) is 1.29. The van der Waals surface area contributed by atoms with E-state index in [9.17, 15) is 22.8 Å². The normalized spacial score (nSPS) is 14.7. The first kappa shape index (κ1) is 25.7. The van der Waals surface area contributed by atoms with Gasteiger partial charge in [0.1, 0.15) is 0 Å². The van der Waals surface area contributed by atoms with Crippen molar-refractivity contribution in [1.82, 2.24) is 19.6 Å². The van der Waals surface area contributed by atoms with E-state index < -0.39 is 23.3 Å². The number of aromatic nitrogens is 2. The van der Waals surface area contributed by atoms with Gasteiger partial charge in [0.05, 0.1) is 24.0 Å². The Balaban J connectivity index is 1.42. The molecule has 36 heavy (non-hydrogen) atoms. The van der Waals surface area contributed by atoms with Gasteiger partial charge in [0, 0.05) is 36.9 Å². The molecule has 1 aliphatic rings. The highest BCUT2D eigenvalue weighted by molar-refractivity contribution is 6.30. The lowest BCUT2D eigenvalue weighted by atomic mass is 10.1. The average molecular weight is 520 g/mol. The molecule has 7 nitrogen and oxygen atoms in total. The zero-order chi connectivity index (χ0) is 26.0. The van der Waals surface area contributed by atoms with E-state index in [-0.39, 0.29) is 31.2 Å². The van der Waals surface area contributed by atoms with Crippen molar-refractivity contribution in [3.63, 3.8) is 0 Å². The summed E-state index contributed by atoms with van der Waals surface area (Å²) in [7, 11) is 0. The molecule has 1 N–H and O–H groups in total. The number of piperazine rings is 1. The number of carbonyl (C=O) groups excluding carboxylic acids is 2. The molecular weight excluding hydrogens is 495 g/mol. The van der Waals surface area contributed by atoms with E-state index in [4.69, 9.17) is 11.6 Å². The minimum Gasteiger partial charge on any atom is -0.336 e. The van der Waals surface area contributed by atoms with Gasteiger partial charge in [0.2, 0.25) is 5.91 Å². The lowest BCUT2D eigenvalue weighted by Crippen LogP contribution is -2.50. The van der Waals surface area contributed by atoms with Crippen molar-refractivity contribution in [1.29, 1.82) is 0 Å². The van der Waals surface area contributed by atoms with Crippen molar-refractivity contribution in [3.05, 3.63) is 76.1 Å². The summed E-state index contributed by atoms with van der Waals surface area (Å²) >= 11 is 5.84. The second kappa shape index (κ2) is 10.3. The van der Waals surface area contributed by atoms with Crippen LogP contribution in [0.5, 0.6) is 0 Å². The van der Waals surface area contributed by atoms with E-state index in [1.807, 2.05) is 36.9 Å². The van der Waals surface area contributed by atoms with Crippen LogP contribution < -0.4 is 5.32 Å². The van der Waals surface area contributed by atoms with Gasteiger partial charge in [0.15, 0.2) is 5.69 Å². The number of alkyl halides is 3. The molecule has 0 atom stereocenters. The average Bonchev–Trinajstić information content (AvgIpc) is 3.28. The maximum Gasteiger partial charge on any atom is 0.434 e. The Bertz CT molecular complexity index is 1270. The van der Waals surface area contributed by atoms with Crippen molar-refractivity contribution >= 4 is 29.1 Å². The molecule has 0 saturated carbocycles. The zero-order valence-electron chi connectivity index (χ0n) is 19.8. The molecule has 3 aromatic rings. The highest BCUT2D eigenvalue weighted by atomic mass is 35.5. The largest absolute Gasteiger partial charge is 0.434 e. The molecule has 2 aromatic carbocycles. The van der Waals surface area contributed by atoms with Crippen molar-refractivity contribution < 1.29 is 22.8 Å². The van der Waals surface area contributed by atoms with Crippen LogP contribution in [-0.4, -0.2) is 64.1 Å². The van der Waals surface area contributed by atoms with Crippen molar-refractivity contribution in [2.24, 2.45) is 0 Å². The number of nitrogens with one attached hydrogen (secondary N) is 1. The highest BCUT2D eigenvalue weighted by Gasteiger charge is 2.41. The van der Waals surface area contributed by atoms with Crippen molar-refractivity contribution in [3.8, 4) is 5.69 Å². The third-order valence-corrected chi connectivity index (χ3v) is 6.50. The fourth-order valence-corrected chi connectivity index (χ4v) is 4.24. The van der Waals surface area contributed by atoms with Crippen LogP contribution in [0.3, 0.4) is 0 Å². The number of anilines is 1. The van der Waals surface area contributed by atoms with Gasteiger partial charge in [-0.05, 0) is 55.3 Å². The van der Waals surface area contributed by atoms with Crippen LogP contribution in [0, 0.1) is 13.8 Å². The van der Waals surface area contributed by atoms with E-state index >= 15 is 0 Å². The number of amides is 2. The van der Waals surface area contributed by atoms with E-state index in [1.54, 1.807) is 0 Å². The molecular formula is C25H25ClF3N5O2. The number of nitrogens with zero attached hydrogens (tertiary/aromatic N) is 4. The molecule has 0 spiro atoms. The lowest BCUT2D eigenvalue weighted by Gasteiger charge is -2.34. The molecule has 0 unspecified atom stereocenters. The molecule has 4 rings (SSSR count). The van der Waals surface area contributed by atoms with Crippen molar-refractivity contribution in [2.75, 3.05) is 38.0 Å². The van der Waals surface area contributed by atoms with Crippen LogP contribution in [0.2, 0.25) is 5.02 Å². The van der Waals surface area contributed by atoms with Gasteiger partial charge in [-0.2, -0.15) is 18.3 Å². The van der Waals surface area contributed by atoms with Crippen LogP contribution in [0.1, 0.15) is 27.2 Å². The Hall–Kier alpha value is -3.37. The van der Waals surface area contributed by atoms with Crippen LogP contribution in [0.25, 0.3) is 5.69 Å². The molecule has 0 radical (unpaired) electrons. The number of benzene rings is 2. The Morgan fingerprint density at radius 1 is 1.03 bits per heavy atom. The zero-order valence-corrected chi connectivity index (χ0v) is 20.5. The predicted molar refractivity (Wildman–Crippen MR) is 130 cm³/mol. The lowest BCUT2D eigenvalue weighted by molar-refractivity contribution is -0.143. The summed E-state index contributed by atoms with van der Waals surface area (Å²) in [6, 6.07) is 11.4. The first-order chi connectivity index (χ1) is 17.0. The third kappa shape index (κ3) is 5.55. The summed E-state index contributed by atoms with van der Waals surface area (Å²) in [6.45, 7) is 5.12. The molecule has 0 aliphatic carbocycles. The third-order valence-electron chi connectivity index (χ3n) is 6.24. The number of hydrogen-bond donors (Lipinski definition) is 1. The molecule has 0 bridgehead atoms. The van der Waals surface area contributed by atoms with Gasteiger partial charge < -0.3 is 10.2 Å². The van der Waals surface area contributed by atoms with E-state index in [0.29, 0.717) is 22.8 Å².